The molecule has 0 atom stereocenters. The fraction of sp³-hybridized carbons (Fsp3) is 0.182. The molecule has 82 valence electrons. The van der Waals surface area contributed by atoms with Crippen molar-refractivity contribution in [2.24, 2.45) is 0 Å². The topological polar surface area (TPSA) is 83.0 Å². The lowest BCUT2D eigenvalue weighted by Crippen LogP contribution is -2.16. The molecule has 0 aromatic carbocycles. The second-order valence-corrected chi connectivity index (χ2v) is 3.61. The van der Waals surface area contributed by atoms with E-state index in [2.05, 4.69) is 9.97 Å². The number of carbonyl (C=O) groups is 1. The Morgan fingerprint density at radius 2 is 2.12 bits per heavy atom. The van der Waals surface area contributed by atoms with Crippen molar-refractivity contribution in [3.05, 3.63) is 39.4 Å². The van der Waals surface area contributed by atoms with Gasteiger partial charge in [0.1, 0.15) is 5.56 Å². The molecule has 0 unspecified atom stereocenters. The molecule has 0 bridgehead atoms. The number of aromatic nitrogens is 2. The number of hydrogen-bond acceptors (Lipinski definition) is 3. The number of nitrogens with zero attached hydrogens (tertiary/aromatic N) is 1. The van der Waals surface area contributed by atoms with Crippen molar-refractivity contribution in [3.63, 3.8) is 0 Å². The van der Waals surface area contributed by atoms with Gasteiger partial charge in [0.15, 0.2) is 0 Å². The second kappa shape index (κ2) is 3.44. The first-order chi connectivity index (χ1) is 7.50. The van der Waals surface area contributed by atoms with Crippen molar-refractivity contribution in [2.75, 3.05) is 0 Å². The Labute approximate surface area is 90.8 Å². The Morgan fingerprint density at radius 1 is 1.44 bits per heavy atom. The summed E-state index contributed by atoms with van der Waals surface area (Å²) in [6.07, 6.45) is 1.21. The zero-order chi connectivity index (χ0) is 11.9. The SMILES string of the molecule is Cc1cc2c(=O)c(C(=O)O)c[nH]c2c(C)n1. The smallest absolute Gasteiger partial charge is 0.341 e. The molecule has 0 fully saturated rings. The van der Waals surface area contributed by atoms with Crippen molar-refractivity contribution in [3.8, 4) is 0 Å². The standard InChI is InChI=1S/C11H10N2O3/c1-5-3-7-9(6(2)13-5)12-4-8(10(7)14)11(15)16/h3-4H,1-2H3,(H,12,14)(H,15,16). The van der Waals surface area contributed by atoms with Crippen LogP contribution < -0.4 is 5.43 Å². The lowest BCUT2D eigenvalue weighted by molar-refractivity contribution is 0.0695. The Hall–Kier alpha value is -2.17. The van der Waals surface area contributed by atoms with Crippen molar-refractivity contribution in [1.82, 2.24) is 9.97 Å². The van der Waals surface area contributed by atoms with Crippen LogP contribution in [0.3, 0.4) is 0 Å². The van der Waals surface area contributed by atoms with Gasteiger partial charge in [0.05, 0.1) is 11.2 Å². The number of hydrogen-bond donors (Lipinski definition) is 2. The number of carboxylic acid groups (broad SMARTS) is 1. The summed E-state index contributed by atoms with van der Waals surface area (Å²) in [5, 5.41) is 9.19. The van der Waals surface area contributed by atoms with Crippen LogP contribution in [0.25, 0.3) is 10.9 Å². The number of aryl methyl sites for hydroxylation is 2. The third-order valence-electron chi connectivity index (χ3n) is 2.41. The fourth-order valence-corrected chi connectivity index (χ4v) is 1.70. The van der Waals surface area contributed by atoms with Crippen LogP contribution in [0.15, 0.2) is 17.1 Å². The largest absolute Gasteiger partial charge is 0.477 e. The number of fused-ring (bicyclic) bond motifs is 1. The van der Waals surface area contributed by atoms with Gasteiger partial charge in [-0.15, -0.1) is 0 Å². The van der Waals surface area contributed by atoms with Gasteiger partial charge >= 0.3 is 5.97 Å². The number of rotatable bonds is 1. The number of H-pyrrole nitrogens is 1. The second-order valence-electron chi connectivity index (χ2n) is 3.61. The van der Waals surface area contributed by atoms with Gasteiger partial charge in [-0.2, -0.15) is 0 Å². The summed E-state index contributed by atoms with van der Waals surface area (Å²) < 4.78 is 0. The molecular formula is C11H10N2O3. The van der Waals surface area contributed by atoms with E-state index in [1.54, 1.807) is 19.9 Å². The van der Waals surface area contributed by atoms with Gasteiger partial charge in [-0.1, -0.05) is 0 Å². The fourth-order valence-electron chi connectivity index (χ4n) is 1.70. The molecule has 2 heterocycles. The zero-order valence-electron chi connectivity index (χ0n) is 8.87. The number of aromatic carboxylic acids is 1. The highest BCUT2D eigenvalue weighted by atomic mass is 16.4. The van der Waals surface area contributed by atoms with Crippen LogP contribution in [0.4, 0.5) is 0 Å². The average molecular weight is 218 g/mol. The summed E-state index contributed by atoms with van der Waals surface area (Å²) in [6.45, 7) is 3.53. The van der Waals surface area contributed by atoms with E-state index in [1.807, 2.05) is 0 Å². The van der Waals surface area contributed by atoms with Crippen molar-refractivity contribution in [2.45, 2.75) is 13.8 Å². The average Bonchev–Trinajstić information content (AvgIpc) is 2.19. The van der Waals surface area contributed by atoms with Crippen LogP contribution in [0, 0.1) is 13.8 Å². The molecule has 0 aliphatic heterocycles. The van der Waals surface area contributed by atoms with Crippen LogP contribution in [0.5, 0.6) is 0 Å². The van der Waals surface area contributed by atoms with Gasteiger partial charge in [0.25, 0.3) is 0 Å². The summed E-state index contributed by atoms with van der Waals surface area (Å²) in [7, 11) is 0. The van der Waals surface area contributed by atoms with Crippen molar-refractivity contribution < 1.29 is 9.90 Å². The first kappa shape index (κ1) is 10.4. The summed E-state index contributed by atoms with van der Waals surface area (Å²) in [6, 6.07) is 1.59. The van der Waals surface area contributed by atoms with Gasteiger partial charge in [-0.05, 0) is 19.9 Å². The Bertz CT molecular complexity index is 643. The molecule has 5 heteroatoms. The molecule has 2 rings (SSSR count). The molecule has 0 aliphatic carbocycles. The Morgan fingerprint density at radius 3 is 2.75 bits per heavy atom. The van der Waals surface area contributed by atoms with Crippen LogP contribution in [-0.2, 0) is 0 Å². The molecular weight excluding hydrogens is 208 g/mol. The summed E-state index contributed by atoms with van der Waals surface area (Å²) in [5.41, 5.74) is 1.23. The number of nitrogens with one attached hydrogen (secondary N) is 1. The highest BCUT2D eigenvalue weighted by molar-refractivity contribution is 5.92. The summed E-state index contributed by atoms with van der Waals surface area (Å²) >= 11 is 0. The van der Waals surface area contributed by atoms with Gasteiger partial charge < -0.3 is 10.1 Å². The quantitative estimate of drug-likeness (QED) is 0.754. The number of pyridine rings is 2. The van der Waals surface area contributed by atoms with E-state index in [0.717, 1.165) is 0 Å². The van der Waals surface area contributed by atoms with Crippen LogP contribution >= 0.6 is 0 Å². The molecule has 2 aromatic heterocycles. The first-order valence-electron chi connectivity index (χ1n) is 4.73. The molecule has 0 saturated carbocycles. The van der Waals surface area contributed by atoms with Crippen molar-refractivity contribution in [1.29, 1.82) is 0 Å². The lowest BCUT2D eigenvalue weighted by atomic mass is 10.1. The summed E-state index contributed by atoms with van der Waals surface area (Å²) in [5.74, 6) is -1.23. The van der Waals surface area contributed by atoms with E-state index >= 15 is 0 Å². The maximum atomic E-state index is 11.8. The predicted molar refractivity (Wildman–Crippen MR) is 58.8 cm³/mol. The highest BCUT2D eigenvalue weighted by Gasteiger charge is 2.12. The Balaban J connectivity index is 2.95. The number of aromatic amines is 1. The summed E-state index contributed by atoms with van der Waals surface area (Å²) in [4.78, 5) is 29.6. The molecule has 2 aromatic rings. The van der Waals surface area contributed by atoms with E-state index in [0.29, 0.717) is 22.3 Å². The highest BCUT2D eigenvalue weighted by Crippen LogP contribution is 2.12. The van der Waals surface area contributed by atoms with Crippen molar-refractivity contribution >= 4 is 16.9 Å². The van der Waals surface area contributed by atoms with Gasteiger partial charge in [0, 0.05) is 17.3 Å². The van der Waals surface area contributed by atoms with Crippen LogP contribution in [0.1, 0.15) is 21.7 Å². The van der Waals surface area contributed by atoms with E-state index < -0.39 is 11.4 Å². The van der Waals surface area contributed by atoms with E-state index in [1.165, 1.54) is 6.20 Å². The van der Waals surface area contributed by atoms with Crippen LogP contribution in [-0.4, -0.2) is 21.0 Å². The third kappa shape index (κ3) is 1.46. The molecule has 0 aliphatic rings. The molecule has 2 N–H and O–H groups in total. The minimum atomic E-state index is -1.23. The minimum absolute atomic E-state index is 0.252. The Kier molecular flexibility index (Phi) is 2.23. The van der Waals surface area contributed by atoms with Gasteiger partial charge in [-0.25, -0.2) is 4.79 Å². The molecule has 0 spiro atoms. The maximum absolute atomic E-state index is 11.8. The molecule has 0 radical (unpaired) electrons. The molecule has 0 amide bonds. The van der Waals surface area contributed by atoms with Crippen LogP contribution in [0.2, 0.25) is 0 Å². The zero-order valence-corrected chi connectivity index (χ0v) is 8.87. The van der Waals surface area contributed by atoms with E-state index in [4.69, 9.17) is 5.11 Å². The van der Waals surface area contributed by atoms with Gasteiger partial charge in [-0.3, -0.25) is 9.78 Å². The van der Waals surface area contributed by atoms with Gasteiger partial charge in [0.2, 0.25) is 5.43 Å². The third-order valence-corrected chi connectivity index (χ3v) is 2.41. The maximum Gasteiger partial charge on any atom is 0.341 e. The van der Waals surface area contributed by atoms with E-state index in [-0.39, 0.29) is 5.56 Å². The molecule has 0 saturated heterocycles. The predicted octanol–water partition coefficient (Wildman–Crippen LogP) is 1.24. The monoisotopic (exact) mass is 218 g/mol. The lowest BCUT2D eigenvalue weighted by Gasteiger charge is -2.03. The number of carboxylic acids is 1. The minimum Gasteiger partial charge on any atom is -0.477 e. The van der Waals surface area contributed by atoms with E-state index in [9.17, 15) is 9.59 Å². The molecule has 16 heavy (non-hydrogen) atoms. The molecule has 5 nitrogen and oxygen atoms in total. The first-order valence-corrected chi connectivity index (χ1v) is 4.73. The normalized spacial score (nSPS) is 10.6.